The van der Waals surface area contributed by atoms with E-state index >= 15 is 0 Å². The van der Waals surface area contributed by atoms with Crippen LogP contribution in [0.1, 0.15) is 37.7 Å². The summed E-state index contributed by atoms with van der Waals surface area (Å²) in [5.41, 5.74) is 5.50. The normalized spacial score (nSPS) is 15.1. The van der Waals surface area contributed by atoms with Gasteiger partial charge in [0.15, 0.2) is 11.5 Å². The molecular weight excluding hydrogens is 418 g/mol. The minimum absolute atomic E-state index is 0.0121. The smallest absolute Gasteiger partial charge is 0.255 e. The van der Waals surface area contributed by atoms with Crippen molar-refractivity contribution in [2.75, 3.05) is 33.0 Å². The Balaban J connectivity index is 1.29. The Morgan fingerprint density at radius 2 is 1.45 bits per heavy atom. The number of carbonyl (C=O) groups excluding carboxylic acids is 2. The lowest BCUT2D eigenvalue weighted by Crippen LogP contribution is -2.50. The fraction of sp³-hybridized carbons (Fsp3) is 0.308. The van der Waals surface area contributed by atoms with E-state index in [4.69, 9.17) is 9.47 Å². The molecule has 2 aliphatic heterocycles. The van der Waals surface area contributed by atoms with Crippen LogP contribution >= 0.6 is 0 Å². The number of fused-ring (bicyclic) bond motifs is 1. The first-order chi connectivity index (χ1) is 15.9. The number of aromatic nitrogens is 1. The van der Waals surface area contributed by atoms with Crippen LogP contribution in [0.25, 0.3) is 5.69 Å². The molecule has 0 atom stereocenters. The molecule has 0 spiro atoms. The van der Waals surface area contributed by atoms with Gasteiger partial charge >= 0.3 is 0 Å². The third-order valence-electron chi connectivity index (χ3n) is 6.49. The highest BCUT2D eigenvalue weighted by Crippen LogP contribution is 2.33. The van der Waals surface area contributed by atoms with Gasteiger partial charge in [-0.3, -0.25) is 9.59 Å². The fourth-order valence-corrected chi connectivity index (χ4v) is 4.66. The van der Waals surface area contributed by atoms with E-state index in [2.05, 4.69) is 23.6 Å². The standard InChI is InChI=1S/C26H27N3O4/c1-17-6-4-5-7-22(17)29-18(2)14-21(19(29)3)26(31)28-12-10-27(11-13-28)25(30)20-8-9-23-24(15-20)33-16-32-23/h4-9,14-15H,10-13,16H2,1-3H3. The minimum atomic E-state index is -0.0573. The van der Waals surface area contributed by atoms with Crippen molar-refractivity contribution in [1.82, 2.24) is 14.4 Å². The largest absolute Gasteiger partial charge is 0.454 e. The number of hydrogen-bond donors (Lipinski definition) is 0. The maximum Gasteiger partial charge on any atom is 0.255 e. The molecule has 170 valence electrons. The van der Waals surface area contributed by atoms with Gasteiger partial charge in [-0.1, -0.05) is 18.2 Å². The number of ether oxygens (including phenoxy) is 2. The summed E-state index contributed by atoms with van der Waals surface area (Å²) in [4.78, 5) is 29.9. The number of hydrogen-bond acceptors (Lipinski definition) is 4. The van der Waals surface area contributed by atoms with Crippen molar-refractivity contribution in [3.8, 4) is 17.2 Å². The van der Waals surface area contributed by atoms with Gasteiger partial charge in [-0.05, 0) is 56.7 Å². The minimum Gasteiger partial charge on any atom is -0.454 e. The van der Waals surface area contributed by atoms with E-state index in [0.717, 1.165) is 22.6 Å². The summed E-state index contributed by atoms with van der Waals surface area (Å²) < 4.78 is 12.9. The van der Waals surface area contributed by atoms with Gasteiger partial charge in [0.25, 0.3) is 11.8 Å². The van der Waals surface area contributed by atoms with Gasteiger partial charge in [-0.15, -0.1) is 0 Å². The Hall–Kier alpha value is -3.74. The van der Waals surface area contributed by atoms with E-state index in [9.17, 15) is 9.59 Å². The number of benzene rings is 2. The van der Waals surface area contributed by atoms with Crippen LogP contribution in [-0.2, 0) is 0 Å². The molecule has 1 fully saturated rings. The molecule has 0 aliphatic carbocycles. The molecule has 7 heteroatoms. The quantitative estimate of drug-likeness (QED) is 0.616. The summed E-state index contributed by atoms with van der Waals surface area (Å²) in [7, 11) is 0. The summed E-state index contributed by atoms with van der Waals surface area (Å²) in [6.45, 7) is 8.27. The highest BCUT2D eigenvalue weighted by Gasteiger charge is 2.28. The fourth-order valence-electron chi connectivity index (χ4n) is 4.66. The number of piperazine rings is 1. The van der Waals surface area contributed by atoms with Crippen LogP contribution in [0.3, 0.4) is 0 Å². The highest BCUT2D eigenvalue weighted by molar-refractivity contribution is 5.97. The lowest BCUT2D eigenvalue weighted by molar-refractivity contribution is 0.0535. The van der Waals surface area contributed by atoms with Crippen LogP contribution in [0.2, 0.25) is 0 Å². The zero-order chi connectivity index (χ0) is 23.1. The first kappa shape index (κ1) is 21.1. The molecule has 5 rings (SSSR count). The summed E-state index contributed by atoms with van der Waals surface area (Å²) in [6, 6.07) is 15.4. The Morgan fingerprint density at radius 1 is 0.788 bits per heavy atom. The molecule has 3 aromatic rings. The molecule has 3 heterocycles. The van der Waals surface area contributed by atoms with Crippen LogP contribution in [-0.4, -0.2) is 59.2 Å². The van der Waals surface area contributed by atoms with Gasteiger partial charge in [0.2, 0.25) is 6.79 Å². The van der Waals surface area contributed by atoms with Crippen molar-refractivity contribution >= 4 is 11.8 Å². The Labute approximate surface area is 193 Å². The lowest BCUT2D eigenvalue weighted by atomic mass is 10.1. The van der Waals surface area contributed by atoms with E-state index in [1.165, 1.54) is 0 Å². The molecule has 0 N–H and O–H groups in total. The third kappa shape index (κ3) is 3.73. The molecule has 0 saturated carbocycles. The molecule has 7 nitrogen and oxygen atoms in total. The number of para-hydroxylation sites is 1. The van der Waals surface area contributed by atoms with E-state index < -0.39 is 0 Å². The predicted octanol–water partition coefficient (Wildman–Crippen LogP) is 3.73. The first-order valence-electron chi connectivity index (χ1n) is 11.2. The van der Waals surface area contributed by atoms with Gasteiger partial charge in [0, 0.05) is 48.8 Å². The van der Waals surface area contributed by atoms with Crippen LogP contribution in [0.5, 0.6) is 11.5 Å². The van der Waals surface area contributed by atoms with Gasteiger partial charge in [-0.25, -0.2) is 0 Å². The van der Waals surface area contributed by atoms with Crippen molar-refractivity contribution in [2.24, 2.45) is 0 Å². The molecular formula is C26H27N3O4. The summed E-state index contributed by atoms with van der Waals surface area (Å²) in [6.07, 6.45) is 0. The van der Waals surface area contributed by atoms with Crippen molar-refractivity contribution in [3.63, 3.8) is 0 Å². The SMILES string of the molecule is Cc1ccccc1-n1c(C)cc(C(=O)N2CCN(C(=O)c3ccc4c(c3)OCO4)CC2)c1C. The average Bonchev–Trinajstić information content (AvgIpc) is 3.42. The molecule has 33 heavy (non-hydrogen) atoms. The molecule has 0 bridgehead atoms. The topological polar surface area (TPSA) is 64.0 Å². The van der Waals surface area contributed by atoms with E-state index in [1.54, 1.807) is 23.1 Å². The molecule has 1 aromatic heterocycles. The number of rotatable bonds is 3. The zero-order valence-corrected chi connectivity index (χ0v) is 19.1. The lowest BCUT2D eigenvalue weighted by Gasteiger charge is -2.35. The average molecular weight is 446 g/mol. The van der Waals surface area contributed by atoms with Crippen molar-refractivity contribution in [3.05, 3.63) is 76.6 Å². The predicted molar refractivity (Wildman–Crippen MR) is 124 cm³/mol. The molecule has 2 aromatic carbocycles. The highest BCUT2D eigenvalue weighted by atomic mass is 16.7. The molecule has 0 radical (unpaired) electrons. The van der Waals surface area contributed by atoms with E-state index in [0.29, 0.717) is 48.8 Å². The van der Waals surface area contributed by atoms with Gasteiger partial charge in [0.05, 0.1) is 5.56 Å². The number of amides is 2. The first-order valence-corrected chi connectivity index (χ1v) is 11.2. The Kier molecular flexibility index (Phi) is 5.32. The van der Waals surface area contributed by atoms with E-state index in [1.807, 2.05) is 36.9 Å². The second-order valence-corrected chi connectivity index (χ2v) is 8.56. The van der Waals surface area contributed by atoms with Crippen LogP contribution in [0, 0.1) is 20.8 Å². The number of nitrogens with zero attached hydrogens (tertiary/aromatic N) is 3. The molecule has 1 saturated heterocycles. The van der Waals surface area contributed by atoms with Crippen molar-refractivity contribution < 1.29 is 19.1 Å². The van der Waals surface area contributed by atoms with E-state index in [-0.39, 0.29) is 18.6 Å². The second kappa shape index (κ2) is 8.31. The van der Waals surface area contributed by atoms with Gasteiger partial charge < -0.3 is 23.8 Å². The monoisotopic (exact) mass is 445 g/mol. The molecule has 2 aliphatic rings. The maximum atomic E-state index is 13.4. The molecule has 0 unspecified atom stereocenters. The Bertz CT molecular complexity index is 1240. The summed E-state index contributed by atoms with van der Waals surface area (Å²) in [5.74, 6) is 1.21. The van der Waals surface area contributed by atoms with Crippen LogP contribution in [0.15, 0.2) is 48.5 Å². The molecule has 2 amide bonds. The van der Waals surface area contributed by atoms with Crippen molar-refractivity contribution in [2.45, 2.75) is 20.8 Å². The van der Waals surface area contributed by atoms with Crippen molar-refractivity contribution in [1.29, 1.82) is 0 Å². The summed E-state index contributed by atoms with van der Waals surface area (Å²) >= 11 is 0. The Morgan fingerprint density at radius 3 is 2.18 bits per heavy atom. The number of aryl methyl sites for hydroxylation is 2. The third-order valence-corrected chi connectivity index (χ3v) is 6.49. The van der Waals surface area contributed by atoms with Crippen LogP contribution in [0.4, 0.5) is 0 Å². The number of carbonyl (C=O) groups is 2. The van der Waals surface area contributed by atoms with Crippen LogP contribution < -0.4 is 9.47 Å². The second-order valence-electron chi connectivity index (χ2n) is 8.56. The zero-order valence-electron chi connectivity index (χ0n) is 19.1. The van der Waals surface area contributed by atoms with Gasteiger partial charge in [0.1, 0.15) is 0 Å². The maximum absolute atomic E-state index is 13.4. The summed E-state index contributed by atoms with van der Waals surface area (Å²) in [5, 5.41) is 0. The van der Waals surface area contributed by atoms with Gasteiger partial charge in [-0.2, -0.15) is 0 Å².